The first kappa shape index (κ1) is 14.8. The molecule has 0 saturated heterocycles. The van der Waals surface area contributed by atoms with Crippen LogP contribution in [0.5, 0.6) is 0 Å². The van der Waals surface area contributed by atoms with Crippen LogP contribution in [-0.2, 0) is 6.42 Å². The topological polar surface area (TPSA) is 101 Å². The van der Waals surface area contributed by atoms with Gasteiger partial charge in [-0.05, 0) is 20.8 Å². The number of carbonyl (C=O) groups excluding carboxylic acids is 1. The fourth-order valence-electron chi connectivity index (χ4n) is 1.95. The number of carbonyl (C=O) groups is 1. The van der Waals surface area contributed by atoms with E-state index in [0.29, 0.717) is 41.7 Å². The number of anilines is 1. The van der Waals surface area contributed by atoms with E-state index in [4.69, 9.17) is 0 Å². The minimum absolute atomic E-state index is 0.0550. The van der Waals surface area contributed by atoms with Crippen molar-refractivity contribution in [1.82, 2.24) is 19.9 Å². The number of nitrogens with one attached hydrogen (secondary N) is 2. The Morgan fingerprint density at radius 2 is 2.10 bits per heavy atom. The molecule has 2 aromatic rings. The molecule has 0 saturated carbocycles. The van der Waals surface area contributed by atoms with E-state index in [1.165, 1.54) is 19.2 Å². The molecule has 0 bridgehead atoms. The van der Waals surface area contributed by atoms with E-state index in [9.17, 15) is 9.59 Å². The molecule has 0 unspecified atom stereocenters. The summed E-state index contributed by atoms with van der Waals surface area (Å²) in [6, 6.07) is 1.45. The Bertz CT molecular complexity index is 724. The highest BCUT2D eigenvalue weighted by Gasteiger charge is 2.07. The first-order valence-corrected chi connectivity index (χ1v) is 6.61. The summed E-state index contributed by atoms with van der Waals surface area (Å²) in [5, 5.41) is 3.04. The summed E-state index contributed by atoms with van der Waals surface area (Å²) in [6.45, 7) is 5.56. The highest BCUT2D eigenvalue weighted by molar-refractivity contribution is 5.94. The molecule has 21 heavy (non-hydrogen) atoms. The normalized spacial score (nSPS) is 10.4. The van der Waals surface area contributed by atoms with Gasteiger partial charge in [-0.15, -0.1) is 0 Å². The van der Waals surface area contributed by atoms with Crippen molar-refractivity contribution in [3.05, 3.63) is 45.4 Å². The lowest BCUT2D eigenvalue weighted by atomic mass is 10.2. The maximum atomic E-state index is 11.3. The largest absolute Gasteiger partial charge is 0.354 e. The fourth-order valence-corrected chi connectivity index (χ4v) is 1.95. The van der Waals surface area contributed by atoms with Crippen LogP contribution in [0.15, 0.2) is 17.1 Å². The molecule has 0 aromatic carbocycles. The van der Waals surface area contributed by atoms with Gasteiger partial charge in [0.05, 0.1) is 11.3 Å². The summed E-state index contributed by atoms with van der Waals surface area (Å²) in [5.74, 6) is 1.01. The lowest BCUT2D eigenvalue weighted by molar-refractivity contribution is 0.101. The average Bonchev–Trinajstić information content (AvgIpc) is 2.37. The molecule has 0 aliphatic heterocycles. The molecule has 2 rings (SSSR count). The molecule has 0 atom stereocenters. The second kappa shape index (κ2) is 6.25. The van der Waals surface area contributed by atoms with Crippen LogP contribution in [0.3, 0.4) is 0 Å². The SMILES string of the molecule is CC(=O)c1cnc(NCCc2nc(C)cc(=O)[nH]2)nc1C. The molecule has 0 aliphatic carbocycles. The maximum absolute atomic E-state index is 11.3. The molecule has 2 N–H and O–H groups in total. The van der Waals surface area contributed by atoms with Gasteiger partial charge >= 0.3 is 0 Å². The number of nitrogens with zero attached hydrogens (tertiary/aromatic N) is 3. The minimum atomic E-state index is -0.157. The number of Topliss-reactive ketones (excluding diaryl/α,β-unsaturated/α-hetero) is 1. The quantitative estimate of drug-likeness (QED) is 0.797. The van der Waals surface area contributed by atoms with Gasteiger partial charge in [-0.3, -0.25) is 9.59 Å². The second-order valence-electron chi connectivity index (χ2n) is 4.76. The van der Waals surface area contributed by atoms with Crippen LogP contribution in [0, 0.1) is 13.8 Å². The number of hydrogen-bond acceptors (Lipinski definition) is 6. The van der Waals surface area contributed by atoms with Crippen molar-refractivity contribution in [3.8, 4) is 0 Å². The summed E-state index contributed by atoms with van der Waals surface area (Å²) in [5.41, 5.74) is 1.69. The van der Waals surface area contributed by atoms with Gasteiger partial charge in [-0.25, -0.2) is 15.0 Å². The lowest BCUT2D eigenvalue weighted by Gasteiger charge is -2.07. The van der Waals surface area contributed by atoms with Crippen molar-refractivity contribution in [3.63, 3.8) is 0 Å². The average molecular weight is 287 g/mol. The van der Waals surface area contributed by atoms with Gasteiger partial charge < -0.3 is 10.3 Å². The second-order valence-corrected chi connectivity index (χ2v) is 4.76. The monoisotopic (exact) mass is 287 g/mol. The lowest BCUT2D eigenvalue weighted by Crippen LogP contribution is -2.16. The van der Waals surface area contributed by atoms with Crippen molar-refractivity contribution >= 4 is 11.7 Å². The fraction of sp³-hybridized carbons (Fsp3) is 0.357. The van der Waals surface area contributed by atoms with Crippen molar-refractivity contribution in [2.45, 2.75) is 27.2 Å². The van der Waals surface area contributed by atoms with E-state index in [2.05, 4.69) is 25.3 Å². The van der Waals surface area contributed by atoms with Gasteiger partial charge in [0.15, 0.2) is 5.78 Å². The molecule has 0 amide bonds. The van der Waals surface area contributed by atoms with E-state index in [0.717, 1.165) is 0 Å². The van der Waals surface area contributed by atoms with E-state index in [1.807, 2.05) is 0 Å². The van der Waals surface area contributed by atoms with Crippen molar-refractivity contribution in [2.24, 2.45) is 0 Å². The summed E-state index contributed by atoms with van der Waals surface area (Å²) >= 11 is 0. The van der Waals surface area contributed by atoms with Gasteiger partial charge in [0.1, 0.15) is 5.82 Å². The minimum Gasteiger partial charge on any atom is -0.354 e. The zero-order chi connectivity index (χ0) is 15.4. The third-order valence-corrected chi connectivity index (χ3v) is 2.92. The number of aromatic amines is 1. The third kappa shape index (κ3) is 3.95. The van der Waals surface area contributed by atoms with Crippen molar-refractivity contribution in [1.29, 1.82) is 0 Å². The first-order valence-electron chi connectivity index (χ1n) is 6.61. The standard InChI is InChI=1S/C14H17N5O2/c1-8-6-13(21)19-12(17-8)4-5-15-14-16-7-11(10(3)20)9(2)18-14/h6-7H,4-5H2,1-3H3,(H,15,16,18)(H,17,19,21). The summed E-state index contributed by atoms with van der Waals surface area (Å²) in [6.07, 6.45) is 2.06. The zero-order valence-corrected chi connectivity index (χ0v) is 12.2. The molecule has 0 aliphatic rings. The summed E-state index contributed by atoms with van der Waals surface area (Å²) in [4.78, 5) is 37.8. The number of aryl methyl sites for hydroxylation is 2. The van der Waals surface area contributed by atoms with Crippen LogP contribution in [0.4, 0.5) is 5.95 Å². The van der Waals surface area contributed by atoms with Crippen LogP contribution < -0.4 is 10.9 Å². The molecular formula is C14H17N5O2. The van der Waals surface area contributed by atoms with Crippen LogP contribution in [0.1, 0.15) is 34.5 Å². The smallest absolute Gasteiger partial charge is 0.251 e. The maximum Gasteiger partial charge on any atom is 0.251 e. The van der Waals surface area contributed by atoms with Gasteiger partial charge in [-0.1, -0.05) is 0 Å². The molecule has 7 heteroatoms. The van der Waals surface area contributed by atoms with Crippen molar-refractivity contribution < 1.29 is 4.79 Å². The molecular weight excluding hydrogens is 270 g/mol. The Kier molecular flexibility index (Phi) is 4.42. The van der Waals surface area contributed by atoms with E-state index in [-0.39, 0.29) is 11.3 Å². The molecule has 0 fully saturated rings. The van der Waals surface area contributed by atoms with E-state index >= 15 is 0 Å². The molecule has 110 valence electrons. The van der Waals surface area contributed by atoms with Gasteiger partial charge in [0.2, 0.25) is 5.95 Å². The zero-order valence-electron chi connectivity index (χ0n) is 12.2. The van der Waals surface area contributed by atoms with Crippen molar-refractivity contribution in [2.75, 3.05) is 11.9 Å². The molecule has 0 spiro atoms. The third-order valence-electron chi connectivity index (χ3n) is 2.92. The summed E-state index contributed by atoms with van der Waals surface area (Å²) in [7, 11) is 0. The van der Waals surface area contributed by atoms with Crippen LogP contribution in [0.2, 0.25) is 0 Å². The van der Waals surface area contributed by atoms with Crippen LogP contribution >= 0.6 is 0 Å². The Morgan fingerprint density at radius 1 is 1.33 bits per heavy atom. The number of aromatic nitrogens is 4. The Labute approximate surface area is 121 Å². The number of rotatable bonds is 5. The molecule has 0 radical (unpaired) electrons. The number of ketones is 1. The Balaban J connectivity index is 1.99. The Hall–Kier alpha value is -2.57. The van der Waals surface area contributed by atoms with Gasteiger partial charge in [0, 0.05) is 30.9 Å². The predicted octanol–water partition coefficient (Wildman–Crippen LogP) is 1.03. The first-order chi connectivity index (χ1) is 9.95. The van der Waals surface area contributed by atoms with Gasteiger partial charge in [-0.2, -0.15) is 0 Å². The molecule has 7 nitrogen and oxygen atoms in total. The number of H-pyrrole nitrogens is 1. The van der Waals surface area contributed by atoms with Crippen LogP contribution in [-0.4, -0.2) is 32.3 Å². The Morgan fingerprint density at radius 3 is 2.71 bits per heavy atom. The van der Waals surface area contributed by atoms with Gasteiger partial charge in [0.25, 0.3) is 5.56 Å². The molecule has 2 heterocycles. The van der Waals surface area contributed by atoms with E-state index in [1.54, 1.807) is 13.8 Å². The highest BCUT2D eigenvalue weighted by Crippen LogP contribution is 2.07. The number of hydrogen-bond donors (Lipinski definition) is 2. The highest BCUT2D eigenvalue weighted by atomic mass is 16.1. The molecule has 2 aromatic heterocycles. The van der Waals surface area contributed by atoms with Crippen LogP contribution in [0.25, 0.3) is 0 Å². The predicted molar refractivity (Wildman–Crippen MR) is 78.6 cm³/mol. The van der Waals surface area contributed by atoms with E-state index < -0.39 is 0 Å². The summed E-state index contributed by atoms with van der Waals surface area (Å²) < 4.78 is 0.